The van der Waals surface area contributed by atoms with Crippen LogP contribution in [-0.2, 0) is 0 Å². The molecule has 0 aliphatic heterocycles. The van der Waals surface area contributed by atoms with Crippen LogP contribution in [0.5, 0.6) is 0 Å². The van der Waals surface area contributed by atoms with E-state index in [0.29, 0.717) is 23.7 Å². The summed E-state index contributed by atoms with van der Waals surface area (Å²) in [4.78, 5) is 9.61. The van der Waals surface area contributed by atoms with Gasteiger partial charge in [0.15, 0.2) is 0 Å². The van der Waals surface area contributed by atoms with Crippen molar-refractivity contribution in [2.24, 2.45) is 9.98 Å². The van der Waals surface area contributed by atoms with Gasteiger partial charge in [0.25, 0.3) is 0 Å². The molecule has 0 aliphatic rings. The summed E-state index contributed by atoms with van der Waals surface area (Å²) in [6, 6.07) is 14.9. The van der Waals surface area contributed by atoms with Crippen LogP contribution in [-0.4, -0.2) is 12.4 Å². The average Bonchev–Trinajstić information content (AvgIpc) is 2.64. The Kier molecular flexibility index (Phi) is 7.58. The van der Waals surface area contributed by atoms with Gasteiger partial charge in [0.05, 0.1) is 11.4 Å². The van der Waals surface area contributed by atoms with E-state index in [1.807, 2.05) is 18.5 Å². The fourth-order valence-electron chi connectivity index (χ4n) is 3.35. The Bertz CT molecular complexity index is 716. The molecule has 2 heteroatoms. The van der Waals surface area contributed by atoms with Gasteiger partial charge in [0.2, 0.25) is 0 Å². The SMILES string of the molecule is CC(C)c1c#ccc(C(C)C)c1N=CC=Nc1c(C(C)C)cccc1C(C)C. The van der Waals surface area contributed by atoms with E-state index in [1.165, 1.54) is 16.7 Å². The summed E-state index contributed by atoms with van der Waals surface area (Å²) in [5, 5.41) is 0. The van der Waals surface area contributed by atoms with E-state index in [-0.39, 0.29) is 0 Å². The van der Waals surface area contributed by atoms with Crippen LogP contribution in [0, 0.1) is 12.1 Å². The van der Waals surface area contributed by atoms with Crippen molar-refractivity contribution in [2.75, 3.05) is 0 Å². The van der Waals surface area contributed by atoms with Crippen LogP contribution in [0.4, 0.5) is 11.4 Å². The van der Waals surface area contributed by atoms with Crippen molar-refractivity contribution in [3.63, 3.8) is 0 Å². The topological polar surface area (TPSA) is 24.7 Å². The predicted molar refractivity (Wildman–Crippen MR) is 123 cm³/mol. The molecule has 0 unspecified atom stereocenters. The minimum absolute atomic E-state index is 0.355. The fraction of sp³-hybridized carbons (Fsp3) is 0.462. The van der Waals surface area contributed by atoms with Gasteiger partial charge in [-0.2, -0.15) is 0 Å². The Morgan fingerprint density at radius 3 is 1.64 bits per heavy atom. The highest BCUT2D eigenvalue weighted by Crippen LogP contribution is 2.35. The molecule has 0 aliphatic carbocycles. The molecule has 28 heavy (non-hydrogen) atoms. The van der Waals surface area contributed by atoms with E-state index in [4.69, 9.17) is 9.98 Å². The van der Waals surface area contributed by atoms with E-state index in [9.17, 15) is 0 Å². The number of rotatable bonds is 7. The standard InChI is InChI=1S/C26H34N2/c1-17(2)21-11-9-12-22(18(3)4)25(21)27-15-16-28-26-23(19(5)6)13-10-14-24(26)20(7)8/h9,11-13,15-20H,1-8H3. The molecule has 2 aromatic rings. The summed E-state index contributed by atoms with van der Waals surface area (Å²) in [5.74, 6) is 1.61. The zero-order valence-corrected chi connectivity index (χ0v) is 18.7. The lowest BCUT2D eigenvalue weighted by atomic mass is 9.93. The summed E-state index contributed by atoms with van der Waals surface area (Å²) in [6.07, 6.45) is 3.65. The monoisotopic (exact) mass is 374 g/mol. The molecule has 0 saturated heterocycles. The molecule has 0 amide bonds. The van der Waals surface area contributed by atoms with E-state index >= 15 is 0 Å². The van der Waals surface area contributed by atoms with Crippen LogP contribution in [0.25, 0.3) is 0 Å². The van der Waals surface area contributed by atoms with E-state index in [1.54, 1.807) is 0 Å². The highest BCUT2D eigenvalue weighted by molar-refractivity contribution is 6.17. The van der Waals surface area contributed by atoms with Gasteiger partial charge in [0.1, 0.15) is 0 Å². The molecule has 148 valence electrons. The predicted octanol–water partition coefficient (Wildman–Crippen LogP) is 7.89. The van der Waals surface area contributed by atoms with Crippen LogP contribution in [0.15, 0.2) is 34.3 Å². The molecule has 2 rings (SSSR count). The van der Waals surface area contributed by atoms with Crippen molar-refractivity contribution in [1.29, 1.82) is 0 Å². The third-order valence-electron chi connectivity index (χ3n) is 4.98. The van der Waals surface area contributed by atoms with Crippen molar-refractivity contribution in [3.05, 3.63) is 58.7 Å². The third kappa shape index (κ3) is 5.10. The molecule has 0 heterocycles. The van der Waals surface area contributed by atoms with Crippen molar-refractivity contribution in [3.8, 4) is 0 Å². The maximum absolute atomic E-state index is 4.82. The lowest BCUT2D eigenvalue weighted by molar-refractivity contribution is 0.835. The number of hydrogen-bond acceptors (Lipinski definition) is 2. The molecular formula is C26H34N2. The molecule has 2 aromatic carbocycles. The zero-order chi connectivity index (χ0) is 20.8. The zero-order valence-electron chi connectivity index (χ0n) is 18.7. The Morgan fingerprint density at radius 2 is 1.18 bits per heavy atom. The third-order valence-corrected chi connectivity index (χ3v) is 4.98. The highest BCUT2D eigenvalue weighted by atomic mass is 14.8. The molecule has 0 radical (unpaired) electrons. The van der Waals surface area contributed by atoms with E-state index < -0.39 is 0 Å². The van der Waals surface area contributed by atoms with Gasteiger partial charge in [-0.05, 0) is 46.4 Å². The highest BCUT2D eigenvalue weighted by Gasteiger charge is 2.13. The van der Waals surface area contributed by atoms with Crippen LogP contribution in [0.1, 0.15) is 101 Å². The largest absolute Gasteiger partial charge is 0.255 e. The summed E-state index contributed by atoms with van der Waals surface area (Å²) < 4.78 is 0. The van der Waals surface area contributed by atoms with E-state index in [2.05, 4.69) is 85.7 Å². The molecule has 0 fully saturated rings. The molecular weight excluding hydrogens is 340 g/mol. The Labute approximate surface area is 171 Å². The number of hydrogen-bond donors (Lipinski definition) is 0. The first-order chi connectivity index (χ1) is 13.2. The lowest BCUT2D eigenvalue weighted by Crippen LogP contribution is -1.96. The molecule has 0 bridgehead atoms. The molecule has 0 N–H and O–H groups in total. The second-order valence-electron chi connectivity index (χ2n) is 8.59. The minimum atomic E-state index is 0.355. The minimum Gasteiger partial charge on any atom is -0.255 e. The molecule has 2 nitrogen and oxygen atoms in total. The second kappa shape index (κ2) is 9.69. The molecule has 0 spiro atoms. The maximum atomic E-state index is 4.82. The quantitative estimate of drug-likeness (QED) is 0.440. The Hall–Kier alpha value is -2.40. The first kappa shape index (κ1) is 21.9. The van der Waals surface area contributed by atoms with Gasteiger partial charge < -0.3 is 0 Å². The van der Waals surface area contributed by atoms with Gasteiger partial charge in [-0.3, -0.25) is 9.98 Å². The van der Waals surface area contributed by atoms with Crippen molar-refractivity contribution >= 4 is 23.8 Å². The Morgan fingerprint density at radius 1 is 0.679 bits per heavy atom. The molecule has 0 atom stereocenters. The first-order valence-corrected chi connectivity index (χ1v) is 10.4. The normalized spacial score (nSPS) is 12.3. The summed E-state index contributed by atoms with van der Waals surface area (Å²) in [6.45, 7) is 17.6. The number of nitrogens with zero attached hydrogens (tertiary/aromatic N) is 2. The number of benzene rings is 1. The molecule has 0 aromatic heterocycles. The fourth-order valence-corrected chi connectivity index (χ4v) is 3.35. The van der Waals surface area contributed by atoms with Crippen LogP contribution in [0.2, 0.25) is 0 Å². The van der Waals surface area contributed by atoms with Crippen molar-refractivity contribution in [1.82, 2.24) is 0 Å². The Balaban J connectivity index is 2.43. The van der Waals surface area contributed by atoms with Gasteiger partial charge in [0, 0.05) is 18.0 Å². The smallest absolute Gasteiger partial charge is 0.0789 e. The molecule has 0 saturated carbocycles. The van der Waals surface area contributed by atoms with Gasteiger partial charge in [-0.15, -0.1) is 0 Å². The summed E-state index contributed by atoms with van der Waals surface area (Å²) in [7, 11) is 0. The van der Waals surface area contributed by atoms with Crippen molar-refractivity contribution in [2.45, 2.75) is 79.1 Å². The van der Waals surface area contributed by atoms with E-state index in [0.717, 1.165) is 16.9 Å². The first-order valence-electron chi connectivity index (χ1n) is 10.4. The number of aliphatic imine (C=N–C) groups is 2. The second-order valence-corrected chi connectivity index (χ2v) is 8.59. The van der Waals surface area contributed by atoms with Gasteiger partial charge >= 0.3 is 0 Å². The van der Waals surface area contributed by atoms with Gasteiger partial charge in [-0.25, -0.2) is 0 Å². The van der Waals surface area contributed by atoms with Crippen LogP contribution < -0.4 is 0 Å². The lowest BCUT2D eigenvalue weighted by Gasteiger charge is -2.16. The summed E-state index contributed by atoms with van der Waals surface area (Å²) >= 11 is 0. The van der Waals surface area contributed by atoms with Crippen molar-refractivity contribution < 1.29 is 0 Å². The average molecular weight is 375 g/mol. The van der Waals surface area contributed by atoms with Gasteiger partial charge in [-0.1, -0.05) is 85.7 Å². The van der Waals surface area contributed by atoms with Crippen LogP contribution >= 0.6 is 0 Å². The van der Waals surface area contributed by atoms with Crippen LogP contribution in [0.3, 0.4) is 0 Å². The maximum Gasteiger partial charge on any atom is 0.0789 e. The number of para-hydroxylation sites is 1. The summed E-state index contributed by atoms with van der Waals surface area (Å²) in [5.41, 5.74) is 6.98.